The van der Waals surface area contributed by atoms with Crippen LogP contribution in [-0.4, -0.2) is 81.8 Å². The Hall–Kier alpha value is -4.95. The fraction of sp³-hybridized carbons (Fsp3) is 0.622. The summed E-state index contributed by atoms with van der Waals surface area (Å²) in [6, 6.07) is 13.7. The summed E-state index contributed by atoms with van der Waals surface area (Å²) in [6.07, 6.45) is 17.2. The Bertz CT molecular complexity index is 1980. The van der Waals surface area contributed by atoms with E-state index in [1.54, 1.807) is 6.33 Å². The lowest BCUT2D eigenvalue weighted by atomic mass is 10.0. The summed E-state index contributed by atoms with van der Waals surface area (Å²) < 4.78 is 8.57. The van der Waals surface area contributed by atoms with Crippen LogP contribution >= 0.6 is 0 Å². The highest BCUT2D eigenvalue weighted by Crippen LogP contribution is 2.33. The summed E-state index contributed by atoms with van der Waals surface area (Å²) in [4.78, 5) is 42.2. The number of nitriles is 1. The molecule has 5 rings (SSSR count). The van der Waals surface area contributed by atoms with Gasteiger partial charge in [0.25, 0.3) is 0 Å². The molecule has 0 spiro atoms. The lowest BCUT2D eigenvalue weighted by Gasteiger charge is -2.16. The molecule has 16 nitrogen and oxygen atoms in total. The van der Waals surface area contributed by atoms with Gasteiger partial charge in [-0.05, 0) is 38.3 Å². The van der Waals surface area contributed by atoms with Crippen LogP contribution in [0.4, 0.5) is 17.6 Å². The number of fused-ring (bicyclic) bond motifs is 1. The van der Waals surface area contributed by atoms with E-state index >= 15 is 0 Å². The number of hydrogen-bond donors (Lipinski definition) is 6. The van der Waals surface area contributed by atoms with Gasteiger partial charge in [0.15, 0.2) is 23.2 Å². The summed E-state index contributed by atoms with van der Waals surface area (Å²) >= 11 is 0. The highest BCUT2D eigenvalue weighted by Gasteiger charge is 2.45. The second-order valence-corrected chi connectivity index (χ2v) is 16.0. The number of nitrogens with zero attached hydrogens (tertiary/aromatic N) is 7. The number of amides is 1. The van der Waals surface area contributed by atoms with Crippen molar-refractivity contribution in [2.45, 2.75) is 161 Å². The Morgan fingerprint density at radius 1 is 0.918 bits per heavy atom. The van der Waals surface area contributed by atoms with Gasteiger partial charge >= 0.3 is 5.69 Å². The van der Waals surface area contributed by atoms with Gasteiger partial charge in [0.1, 0.15) is 23.9 Å². The summed E-state index contributed by atoms with van der Waals surface area (Å²) in [5, 5.41) is 47.3. The van der Waals surface area contributed by atoms with E-state index in [-0.39, 0.29) is 30.4 Å². The molecule has 16 heteroatoms. The molecule has 61 heavy (non-hydrogen) atoms. The van der Waals surface area contributed by atoms with Crippen molar-refractivity contribution in [3.8, 4) is 6.07 Å². The molecule has 1 amide bonds. The van der Waals surface area contributed by atoms with Gasteiger partial charge in [-0.15, -0.1) is 0 Å². The minimum absolute atomic E-state index is 0.0358. The van der Waals surface area contributed by atoms with E-state index in [1.165, 1.54) is 82.0 Å². The number of aliphatic hydroxyl groups is 3. The summed E-state index contributed by atoms with van der Waals surface area (Å²) in [5.41, 5.74) is 1.98. The Labute approximate surface area is 360 Å². The van der Waals surface area contributed by atoms with Crippen LogP contribution in [0.5, 0.6) is 0 Å². The first-order valence-electron chi connectivity index (χ1n) is 22.3. The molecule has 1 aliphatic rings. The van der Waals surface area contributed by atoms with Crippen molar-refractivity contribution in [1.82, 2.24) is 29.1 Å². The number of nitrogens with one attached hydrogen (secondary N) is 3. The maximum atomic E-state index is 12.4. The SMILES string of the molecule is CCCCCCCCCCCCCCCC(=O)Nc1ccn([C@@H]2O[C@H](CO)[C@@H](O)[C@@H]2C#N)c(=O)n1.CC[C@H](CO)Nc1nc(NCc2ccccc2)c2ncn(C(C)C)c2n1. The molecule has 6 N–H and O–H groups in total. The second-order valence-electron chi connectivity index (χ2n) is 16.0. The molecule has 4 heterocycles. The predicted octanol–water partition coefficient (Wildman–Crippen LogP) is 7.26. The largest absolute Gasteiger partial charge is 0.394 e. The number of aliphatic hydroxyl groups excluding tert-OH is 3. The Balaban J connectivity index is 0.000000280. The number of aromatic nitrogens is 6. The van der Waals surface area contributed by atoms with Gasteiger partial charge in [0, 0.05) is 25.2 Å². The highest BCUT2D eigenvalue weighted by atomic mass is 16.5. The normalized spacial score (nSPS) is 17.8. The van der Waals surface area contributed by atoms with E-state index in [1.807, 2.05) is 35.8 Å². The van der Waals surface area contributed by atoms with Gasteiger partial charge in [0.2, 0.25) is 11.9 Å². The van der Waals surface area contributed by atoms with Gasteiger partial charge in [-0.25, -0.2) is 9.78 Å². The van der Waals surface area contributed by atoms with Crippen LogP contribution in [0, 0.1) is 17.2 Å². The highest BCUT2D eigenvalue weighted by molar-refractivity contribution is 5.89. The standard InChI is InChI=1S/C26H42N4O5.C19H26N6O/c1-2-3-4-5-6-7-8-9-10-11-12-13-14-15-23(32)28-22-16-17-30(26(34)29-22)25-20(18-27)24(33)21(19-31)35-25;1-4-15(11-26)22-19-23-17(20-10-14-8-6-5-7-9-14)16-18(24-19)25(12-21-16)13(2)3/h16-17,20-21,24-25,31,33H,2-15,19H2,1H3,(H,28,29,32,34);5-9,12-13,15,26H,4,10-11H2,1-3H3,(H2,20,22,23,24)/t20-,21+,24-,25+;15-/m01/s1. The third-order valence-corrected chi connectivity index (χ3v) is 10.9. The van der Waals surface area contributed by atoms with Crippen molar-refractivity contribution in [2.75, 3.05) is 29.2 Å². The second kappa shape index (κ2) is 26.4. The van der Waals surface area contributed by atoms with Crippen molar-refractivity contribution in [3.63, 3.8) is 0 Å². The molecule has 1 aromatic carbocycles. The third kappa shape index (κ3) is 15.2. The fourth-order valence-corrected chi connectivity index (χ4v) is 7.18. The molecule has 334 valence electrons. The van der Waals surface area contributed by atoms with Gasteiger partial charge in [-0.2, -0.15) is 20.2 Å². The molecule has 1 fully saturated rings. The van der Waals surface area contributed by atoms with E-state index in [4.69, 9.17) is 4.74 Å². The number of anilines is 3. The van der Waals surface area contributed by atoms with Crippen LogP contribution in [-0.2, 0) is 16.1 Å². The lowest BCUT2D eigenvalue weighted by Crippen LogP contribution is -2.32. The minimum atomic E-state index is -1.21. The van der Waals surface area contributed by atoms with Crippen LogP contribution in [0.1, 0.15) is 142 Å². The molecule has 0 unspecified atom stereocenters. The van der Waals surface area contributed by atoms with Crippen molar-refractivity contribution in [3.05, 3.63) is 65.0 Å². The molecular weight excluding hydrogens is 777 g/mol. The summed E-state index contributed by atoms with van der Waals surface area (Å²) in [7, 11) is 0. The first-order valence-corrected chi connectivity index (χ1v) is 22.3. The van der Waals surface area contributed by atoms with Gasteiger partial charge < -0.3 is 40.6 Å². The zero-order valence-corrected chi connectivity index (χ0v) is 36.5. The van der Waals surface area contributed by atoms with Crippen LogP contribution < -0.4 is 21.6 Å². The molecule has 1 saturated heterocycles. The number of benzene rings is 1. The van der Waals surface area contributed by atoms with Crippen molar-refractivity contribution in [1.29, 1.82) is 5.26 Å². The average Bonchev–Trinajstić information content (AvgIpc) is 3.84. The molecule has 0 aliphatic carbocycles. The molecule has 5 atom stereocenters. The van der Waals surface area contributed by atoms with Crippen LogP contribution in [0.3, 0.4) is 0 Å². The van der Waals surface area contributed by atoms with E-state index in [2.05, 4.69) is 68.8 Å². The number of imidazole rings is 1. The monoisotopic (exact) mass is 845 g/mol. The Morgan fingerprint density at radius 3 is 2.15 bits per heavy atom. The van der Waals surface area contributed by atoms with Crippen LogP contribution in [0.25, 0.3) is 11.2 Å². The van der Waals surface area contributed by atoms with E-state index in [0.717, 1.165) is 41.4 Å². The van der Waals surface area contributed by atoms with E-state index in [9.17, 15) is 30.2 Å². The molecule has 3 aromatic heterocycles. The number of rotatable bonds is 25. The smallest absolute Gasteiger partial charge is 0.351 e. The maximum Gasteiger partial charge on any atom is 0.351 e. The lowest BCUT2D eigenvalue weighted by molar-refractivity contribution is -0.116. The van der Waals surface area contributed by atoms with Crippen molar-refractivity contribution in [2.24, 2.45) is 5.92 Å². The summed E-state index contributed by atoms with van der Waals surface area (Å²) in [6.45, 7) is 8.66. The Kier molecular flexibility index (Phi) is 21.1. The Morgan fingerprint density at radius 2 is 1.57 bits per heavy atom. The molecule has 4 aromatic rings. The number of carbonyl (C=O) groups is 1. The first-order chi connectivity index (χ1) is 29.6. The number of hydrogen-bond acceptors (Lipinski definition) is 13. The number of carbonyl (C=O) groups excluding carboxylic acids is 1. The average molecular weight is 845 g/mol. The van der Waals surface area contributed by atoms with E-state index < -0.39 is 36.7 Å². The number of ether oxygens (including phenoxy) is 1. The van der Waals surface area contributed by atoms with Gasteiger partial charge in [0.05, 0.1) is 31.7 Å². The first kappa shape index (κ1) is 48.7. The minimum Gasteiger partial charge on any atom is -0.394 e. The summed E-state index contributed by atoms with van der Waals surface area (Å²) in [5.74, 6) is 0.116. The van der Waals surface area contributed by atoms with Crippen molar-refractivity contribution >= 4 is 34.7 Å². The van der Waals surface area contributed by atoms with E-state index in [0.29, 0.717) is 24.7 Å². The molecule has 0 saturated carbocycles. The van der Waals surface area contributed by atoms with Crippen LogP contribution in [0.15, 0.2) is 53.7 Å². The third-order valence-electron chi connectivity index (χ3n) is 10.9. The fourth-order valence-electron chi connectivity index (χ4n) is 7.18. The maximum absolute atomic E-state index is 12.4. The molecule has 1 aliphatic heterocycles. The van der Waals surface area contributed by atoms with Gasteiger partial charge in [-0.1, -0.05) is 121 Å². The van der Waals surface area contributed by atoms with Crippen LogP contribution in [0.2, 0.25) is 0 Å². The molecule has 0 bridgehead atoms. The van der Waals surface area contributed by atoms with Gasteiger partial charge in [-0.3, -0.25) is 9.36 Å². The zero-order chi connectivity index (χ0) is 44.0. The number of unbranched alkanes of at least 4 members (excludes halogenated alkanes) is 12. The predicted molar refractivity (Wildman–Crippen MR) is 238 cm³/mol. The van der Waals surface area contributed by atoms with Crippen molar-refractivity contribution < 1.29 is 24.9 Å². The quantitative estimate of drug-likeness (QED) is 0.0362. The molecule has 0 radical (unpaired) electrons. The molecular formula is C45H68N10O6. The topological polar surface area (TPSA) is 225 Å². The zero-order valence-electron chi connectivity index (χ0n) is 36.5.